The molecule has 1 aromatic heterocycles. The van der Waals surface area contributed by atoms with Gasteiger partial charge in [0.25, 0.3) is 5.91 Å². The van der Waals surface area contributed by atoms with Crippen LogP contribution in [0.25, 0.3) is 0 Å². The number of aryl methyl sites for hydroxylation is 1. The molecule has 0 saturated heterocycles. The molecule has 1 amide bonds. The largest absolute Gasteiger partial charge is 0.392 e. The van der Waals surface area contributed by atoms with Gasteiger partial charge in [-0.2, -0.15) is 5.10 Å². The van der Waals surface area contributed by atoms with Crippen LogP contribution >= 0.6 is 0 Å². The van der Waals surface area contributed by atoms with Gasteiger partial charge >= 0.3 is 0 Å². The van der Waals surface area contributed by atoms with Gasteiger partial charge in [-0.3, -0.25) is 9.48 Å². The summed E-state index contributed by atoms with van der Waals surface area (Å²) in [5.74, 6) is 0.316. The van der Waals surface area contributed by atoms with Crippen molar-refractivity contribution in [1.29, 1.82) is 0 Å². The molecule has 0 spiro atoms. The molecule has 5 nitrogen and oxygen atoms in total. The molecule has 1 aliphatic carbocycles. The topological polar surface area (TPSA) is 67.2 Å². The Morgan fingerprint density at radius 2 is 2.04 bits per heavy atom. The normalized spacial score (nSPS) is 14.7. The van der Waals surface area contributed by atoms with E-state index in [2.05, 4.69) is 31.2 Å². The van der Waals surface area contributed by atoms with Crippen molar-refractivity contribution in [1.82, 2.24) is 9.78 Å². The van der Waals surface area contributed by atoms with E-state index in [4.69, 9.17) is 0 Å². The highest BCUT2D eigenvalue weighted by molar-refractivity contribution is 6.03. The van der Waals surface area contributed by atoms with Crippen LogP contribution in [0.3, 0.4) is 0 Å². The van der Waals surface area contributed by atoms with Gasteiger partial charge in [-0.25, -0.2) is 0 Å². The summed E-state index contributed by atoms with van der Waals surface area (Å²) in [7, 11) is 0. The van der Waals surface area contributed by atoms with Crippen LogP contribution in [-0.4, -0.2) is 20.8 Å². The highest BCUT2D eigenvalue weighted by Gasteiger charge is 2.32. The first-order valence-corrected chi connectivity index (χ1v) is 8.42. The van der Waals surface area contributed by atoms with Crippen LogP contribution in [0.4, 0.5) is 5.69 Å². The lowest BCUT2D eigenvalue weighted by Crippen LogP contribution is -2.25. The first kappa shape index (κ1) is 16.7. The maximum Gasteiger partial charge on any atom is 0.276 e. The summed E-state index contributed by atoms with van der Waals surface area (Å²) in [5, 5.41) is 16.8. The molecule has 3 rings (SSSR count). The molecule has 24 heavy (non-hydrogen) atoms. The number of benzene rings is 1. The van der Waals surface area contributed by atoms with Crippen LogP contribution in [0.2, 0.25) is 0 Å². The Hall–Kier alpha value is -2.14. The zero-order valence-corrected chi connectivity index (χ0v) is 14.8. The van der Waals surface area contributed by atoms with Gasteiger partial charge in [0.2, 0.25) is 0 Å². The molecule has 0 radical (unpaired) electrons. The number of hydrogen-bond acceptors (Lipinski definition) is 3. The van der Waals surface area contributed by atoms with Crippen molar-refractivity contribution in [2.45, 2.75) is 58.6 Å². The zero-order valence-electron chi connectivity index (χ0n) is 14.8. The smallest absolute Gasteiger partial charge is 0.276 e. The minimum absolute atomic E-state index is 0.0480. The maximum absolute atomic E-state index is 12.7. The molecule has 0 bridgehead atoms. The van der Waals surface area contributed by atoms with Crippen LogP contribution in [0, 0.1) is 6.92 Å². The highest BCUT2D eigenvalue weighted by atomic mass is 16.3. The molecule has 2 N–H and O–H groups in total. The van der Waals surface area contributed by atoms with Gasteiger partial charge < -0.3 is 10.4 Å². The van der Waals surface area contributed by atoms with Crippen molar-refractivity contribution in [3.63, 3.8) is 0 Å². The van der Waals surface area contributed by atoms with Gasteiger partial charge in [0, 0.05) is 17.3 Å². The first-order valence-electron chi connectivity index (χ1n) is 8.42. The summed E-state index contributed by atoms with van der Waals surface area (Å²) in [5.41, 5.74) is 3.88. The van der Waals surface area contributed by atoms with E-state index in [0.717, 1.165) is 16.8 Å². The van der Waals surface area contributed by atoms with Crippen LogP contribution in [0.1, 0.15) is 66.8 Å². The van der Waals surface area contributed by atoms with E-state index in [1.165, 1.54) is 12.8 Å². The lowest BCUT2D eigenvalue weighted by atomic mass is 10.1. The first-order chi connectivity index (χ1) is 11.3. The number of hydrogen-bond donors (Lipinski definition) is 2. The van der Waals surface area contributed by atoms with E-state index in [-0.39, 0.29) is 18.1 Å². The van der Waals surface area contributed by atoms with Gasteiger partial charge in [0.05, 0.1) is 12.1 Å². The summed E-state index contributed by atoms with van der Waals surface area (Å²) in [6.45, 7) is 8.18. The molecular formula is C19H25N3O2. The van der Waals surface area contributed by atoms with E-state index >= 15 is 0 Å². The molecule has 2 aromatic rings. The second-order valence-corrected chi connectivity index (χ2v) is 7.57. The van der Waals surface area contributed by atoms with E-state index in [1.54, 1.807) is 6.07 Å². The van der Waals surface area contributed by atoms with Gasteiger partial charge in [0.15, 0.2) is 5.69 Å². The quantitative estimate of drug-likeness (QED) is 0.902. The minimum Gasteiger partial charge on any atom is -0.392 e. The summed E-state index contributed by atoms with van der Waals surface area (Å²) < 4.78 is 1.98. The standard InChI is InChI=1S/C19H25N3O2/c1-12-5-6-13(11-23)9-15(12)20-18(24)16-10-17(14-7-8-14)22(21-16)19(2,3)4/h5-6,9-10,14,23H,7-8,11H2,1-4H3,(H,20,24). The third-order valence-electron chi connectivity index (χ3n) is 4.33. The summed E-state index contributed by atoms with van der Waals surface area (Å²) >= 11 is 0. The fourth-order valence-electron chi connectivity index (χ4n) is 2.80. The number of carbonyl (C=O) groups excluding carboxylic acids is 1. The van der Waals surface area contributed by atoms with Crippen molar-refractivity contribution in [3.8, 4) is 0 Å². The predicted octanol–water partition coefficient (Wildman–Crippen LogP) is 3.57. The molecule has 0 unspecified atom stereocenters. The van der Waals surface area contributed by atoms with Crippen LogP contribution < -0.4 is 5.32 Å². The van der Waals surface area contributed by atoms with E-state index < -0.39 is 0 Å². The average Bonchev–Trinajstić information content (AvgIpc) is 3.26. The van der Waals surface area contributed by atoms with Gasteiger partial charge in [0.1, 0.15) is 0 Å². The number of aliphatic hydroxyl groups excluding tert-OH is 1. The Morgan fingerprint density at radius 3 is 2.62 bits per heavy atom. The monoisotopic (exact) mass is 327 g/mol. The highest BCUT2D eigenvalue weighted by Crippen LogP contribution is 2.41. The molecular weight excluding hydrogens is 302 g/mol. The van der Waals surface area contributed by atoms with Crippen molar-refractivity contribution < 1.29 is 9.90 Å². The number of rotatable bonds is 4. The Morgan fingerprint density at radius 1 is 1.33 bits per heavy atom. The number of amides is 1. The third-order valence-corrected chi connectivity index (χ3v) is 4.33. The fraction of sp³-hybridized carbons (Fsp3) is 0.474. The molecule has 1 aliphatic rings. The molecule has 0 aliphatic heterocycles. The number of nitrogens with one attached hydrogen (secondary N) is 1. The lowest BCUT2D eigenvalue weighted by molar-refractivity contribution is 0.102. The van der Waals surface area contributed by atoms with Gasteiger partial charge in [-0.05, 0) is 63.8 Å². The van der Waals surface area contributed by atoms with E-state index in [1.807, 2.05) is 29.8 Å². The van der Waals surface area contributed by atoms with Crippen LogP contribution in [-0.2, 0) is 12.1 Å². The maximum atomic E-state index is 12.7. The van der Waals surface area contributed by atoms with Crippen molar-refractivity contribution in [2.24, 2.45) is 0 Å². The van der Waals surface area contributed by atoms with Crippen LogP contribution in [0.5, 0.6) is 0 Å². The SMILES string of the molecule is Cc1ccc(CO)cc1NC(=O)c1cc(C2CC2)n(C(C)(C)C)n1. The van der Waals surface area contributed by atoms with Crippen molar-refractivity contribution in [2.75, 3.05) is 5.32 Å². The Labute approximate surface area is 142 Å². The van der Waals surface area contributed by atoms with Gasteiger partial charge in [-0.1, -0.05) is 12.1 Å². The minimum atomic E-state index is -0.210. The van der Waals surface area contributed by atoms with Crippen molar-refractivity contribution in [3.05, 3.63) is 46.8 Å². The summed E-state index contributed by atoms with van der Waals surface area (Å²) in [6, 6.07) is 7.47. The second kappa shape index (κ2) is 6.06. The second-order valence-electron chi connectivity index (χ2n) is 7.57. The zero-order chi connectivity index (χ0) is 17.5. The molecule has 1 heterocycles. The Kier molecular flexibility index (Phi) is 4.22. The van der Waals surface area contributed by atoms with E-state index in [9.17, 15) is 9.90 Å². The Bertz CT molecular complexity index is 767. The Balaban J connectivity index is 1.88. The fourth-order valence-corrected chi connectivity index (χ4v) is 2.80. The average molecular weight is 327 g/mol. The lowest BCUT2D eigenvalue weighted by Gasteiger charge is -2.22. The third kappa shape index (κ3) is 3.36. The number of carbonyl (C=O) groups is 1. The van der Waals surface area contributed by atoms with Gasteiger partial charge in [-0.15, -0.1) is 0 Å². The molecule has 1 aromatic carbocycles. The number of aliphatic hydroxyl groups is 1. The predicted molar refractivity (Wildman–Crippen MR) is 94.3 cm³/mol. The van der Waals surface area contributed by atoms with Crippen molar-refractivity contribution >= 4 is 11.6 Å². The number of aromatic nitrogens is 2. The number of anilines is 1. The number of nitrogens with zero attached hydrogens (tertiary/aromatic N) is 2. The summed E-state index contributed by atoms with van der Waals surface area (Å²) in [4.78, 5) is 12.7. The van der Waals surface area contributed by atoms with E-state index in [0.29, 0.717) is 17.3 Å². The molecule has 1 fully saturated rings. The molecule has 5 heteroatoms. The summed E-state index contributed by atoms with van der Waals surface area (Å²) in [6.07, 6.45) is 2.33. The molecule has 0 atom stereocenters. The molecule has 128 valence electrons. The van der Waals surface area contributed by atoms with Crippen LogP contribution in [0.15, 0.2) is 24.3 Å². The molecule has 1 saturated carbocycles.